The fraction of sp³-hybridized carbons (Fsp3) is 0.111. The van der Waals surface area contributed by atoms with Gasteiger partial charge >= 0.3 is 6.03 Å². The third-order valence-corrected chi connectivity index (χ3v) is 3.89. The number of carbonyl (C=O) groups is 1. The van der Waals surface area contributed by atoms with Gasteiger partial charge in [0.1, 0.15) is 5.82 Å². The molecule has 0 atom stereocenters. The number of pyridine rings is 1. The summed E-state index contributed by atoms with van der Waals surface area (Å²) in [5, 5.41) is 20.8. The largest absolute Gasteiger partial charge is 0.351 e. The second-order valence-electron chi connectivity index (χ2n) is 5.77. The lowest BCUT2D eigenvalue weighted by Crippen LogP contribution is -2.28. The normalized spacial score (nSPS) is 10.3. The van der Waals surface area contributed by atoms with Gasteiger partial charge in [-0.15, -0.1) is 0 Å². The second kappa shape index (κ2) is 8.33. The van der Waals surface area contributed by atoms with Crippen molar-refractivity contribution in [3.05, 3.63) is 65.1 Å². The number of hydrogen-bond donors (Lipinski definition) is 4. The topological polar surface area (TPSA) is 108 Å². The quantitative estimate of drug-likeness (QED) is 0.488. The number of nitrogens with one attached hydrogen (secondary N) is 4. The van der Waals surface area contributed by atoms with Gasteiger partial charge < -0.3 is 16.0 Å². The molecule has 0 saturated carbocycles. The van der Waals surface area contributed by atoms with Crippen molar-refractivity contribution < 1.29 is 4.79 Å². The van der Waals surface area contributed by atoms with Gasteiger partial charge in [-0.05, 0) is 23.8 Å². The zero-order valence-corrected chi connectivity index (χ0v) is 15.3. The molecule has 3 aromatic rings. The summed E-state index contributed by atoms with van der Waals surface area (Å²) in [5.74, 6) is 0.342. The van der Waals surface area contributed by atoms with Crippen LogP contribution in [0.4, 0.5) is 22.0 Å². The van der Waals surface area contributed by atoms with Gasteiger partial charge in [0, 0.05) is 36.6 Å². The Balaban J connectivity index is 1.62. The predicted molar refractivity (Wildman–Crippen MR) is 106 cm³/mol. The van der Waals surface area contributed by atoms with E-state index in [0.29, 0.717) is 28.6 Å². The maximum Gasteiger partial charge on any atom is 0.320 e. The van der Waals surface area contributed by atoms with E-state index in [1.807, 2.05) is 25.4 Å². The molecule has 4 N–H and O–H groups in total. The number of hydrogen-bond acceptors (Lipinski definition) is 5. The first-order valence-corrected chi connectivity index (χ1v) is 8.47. The Morgan fingerprint density at radius 2 is 2.19 bits per heavy atom. The summed E-state index contributed by atoms with van der Waals surface area (Å²) >= 11 is 5.93. The van der Waals surface area contributed by atoms with Crippen molar-refractivity contribution in [1.82, 2.24) is 20.1 Å². The molecule has 0 aliphatic heterocycles. The third-order valence-electron chi connectivity index (χ3n) is 3.66. The van der Waals surface area contributed by atoms with Crippen molar-refractivity contribution in [3.63, 3.8) is 0 Å². The summed E-state index contributed by atoms with van der Waals surface area (Å²) in [6.07, 6.45) is 6.22. The first-order valence-electron chi connectivity index (χ1n) is 8.09. The van der Waals surface area contributed by atoms with E-state index in [9.17, 15) is 4.79 Å². The van der Waals surface area contributed by atoms with Gasteiger partial charge in [0.05, 0.1) is 23.8 Å². The number of amides is 2. The summed E-state index contributed by atoms with van der Waals surface area (Å²) in [5.41, 5.74) is 2.89. The molecule has 9 heteroatoms. The average molecular weight is 384 g/mol. The molecule has 1 aromatic carbocycles. The van der Waals surface area contributed by atoms with E-state index in [1.165, 1.54) is 6.21 Å². The Bertz CT molecular complexity index is 970. The van der Waals surface area contributed by atoms with E-state index in [4.69, 9.17) is 17.0 Å². The minimum Gasteiger partial charge on any atom is -0.351 e. The summed E-state index contributed by atoms with van der Waals surface area (Å²) in [4.78, 5) is 16.3. The number of halogens is 1. The van der Waals surface area contributed by atoms with Gasteiger partial charge in [-0.3, -0.25) is 10.00 Å². The van der Waals surface area contributed by atoms with Crippen LogP contribution in [0.25, 0.3) is 0 Å². The predicted octanol–water partition coefficient (Wildman–Crippen LogP) is 3.53. The summed E-state index contributed by atoms with van der Waals surface area (Å²) in [6.45, 7) is 0.338. The second-order valence-corrected chi connectivity index (χ2v) is 6.20. The van der Waals surface area contributed by atoms with Crippen LogP contribution in [0, 0.1) is 5.41 Å². The van der Waals surface area contributed by atoms with E-state index >= 15 is 0 Å². The van der Waals surface area contributed by atoms with Crippen molar-refractivity contribution in [1.29, 1.82) is 5.41 Å². The highest BCUT2D eigenvalue weighted by Crippen LogP contribution is 2.20. The van der Waals surface area contributed by atoms with Crippen LogP contribution in [0.15, 0.2) is 48.9 Å². The smallest absolute Gasteiger partial charge is 0.320 e. The van der Waals surface area contributed by atoms with E-state index in [0.717, 1.165) is 11.3 Å². The molecule has 0 spiro atoms. The van der Waals surface area contributed by atoms with Gasteiger partial charge in [-0.1, -0.05) is 23.7 Å². The van der Waals surface area contributed by atoms with Gasteiger partial charge in [-0.25, -0.2) is 9.78 Å². The van der Waals surface area contributed by atoms with E-state index in [2.05, 4.69) is 26.0 Å². The van der Waals surface area contributed by atoms with Crippen LogP contribution in [0.3, 0.4) is 0 Å². The van der Waals surface area contributed by atoms with Crippen LogP contribution in [0.1, 0.15) is 11.1 Å². The monoisotopic (exact) mass is 383 g/mol. The Morgan fingerprint density at radius 1 is 1.33 bits per heavy atom. The number of anilines is 3. The highest BCUT2D eigenvalue weighted by molar-refractivity contribution is 6.30. The van der Waals surface area contributed by atoms with Crippen LogP contribution >= 0.6 is 11.6 Å². The lowest BCUT2D eigenvalue weighted by molar-refractivity contribution is 0.251. The summed E-state index contributed by atoms with van der Waals surface area (Å²) in [6, 6.07) is 8.47. The molecule has 0 aliphatic rings. The number of benzene rings is 1. The molecular weight excluding hydrogens is 366 g/mol. The van der Waals surface area contributed by atoms with Gasteiger partial charge in [-0.2, -0.15) is 5.10 Å². The van der Waals surface area contributed by atoms with Gasteiger partial charge in [0.2, 0.25) is 0 Å². The highest BCUT2D eigenvalue weighted by atomic mass is 35.5. The molecule has 0 aliphatic carbocycles. The molecule has 0 saturated heterocycles. The minimum absolute atomic E-state index is 0.338. The molecule has 2 heterocycles. The first kappa shape index (κ1) is 18.4. The molecule has 0 fully saturated rings. The SMILES string of the molecule is Cn1cc(Nc2cnc(NC(=O)NCc3cccc(Cl)c3)cc2C=N)cn1. The van der Waals surface area contributed by atoms with Crippen LogP contribution in [-0.4, -0.2) is 27.0 Å². The van der Waals surface area contributed by atoms with Gasteiger partial charge in [0.25, 0.3) is 0 Å². The van der Waals surface area contributed by atoms with E-state index in [-0.39, 0.29) is 0 Å². The number of urea groups is 1. The molecular formula is C18H18ClN7O. The van der Waals surface area contributed by atoms with Crippen LogP contribution in [0.5, 0.6) is 0 Å². The number of rotatable bonds is 6. The van der Waals surface area contributed by atoms with E-state index in [1.54, 1.807) is 35.3 Å². The lowest BCUT2D eigenvalue weighted by Gasteiger charge is -2.11. The molecule has 0 bridgehead atoms. The zero-order valence-electron chi connectivity index (χ0n) is 14.5. The maximum absolute atomic E-state index is 12.1. The van der Waals surface area contributed by atoms with Crippen molar-refractivity contribution >= 4 is 41.0 Å². The Morgan fingerprint density at radius 3 is 2.89 bits per heavy atom. The lowest BCUT2D eigenvalue weighted by atomic mass is 10.2. The van der Waals surface area contributed by atoms with Crippen molar-refractivity contribution in [2.45, 2.75) is 6.54 Å². The number of aromatic nitrogens is 3. The molecule has 3 rings (SSSR count). The summed E-state index contributed by atoms with van der Waals surface area (Å²) < 4.78 is 1.67. The van der Waals surface area contributed by atoms with Crippen molar-refractivity contribution in [2.75, 3.05) is 10.6 Å². The Labute approximate surface area is 161 Å². The fourth-order valence-corrected chi connectivity index (χ4v) is 2.61. The number of carbonyl (C=O) groups excluding carboxylic acids is 1. The molecule has 2 aromatic heterocycles. The molecule has 138 valence electrons. The van der Waals surface area contributed by atoms with Crippen molar-refractivity contribution in [3.8, 4) is 0 Å². The molecule has 0 radical (unpaired) electrons. The summed E-state index contributed by atoms with van der Waals surface area (Å²) in [7, 11) is 1.82. The maximum atomic E-state index is 12.1. The number of nitrogens with zero attached hydrogens (tertiary/aromatic N) is 3. The standard InChI is InChI=1S/C18H18ClN7O/c1-26-11-15(9-23-26)24-16-10-21-17(6-13(16)7-20)25-18(27)22-8-12-3-2-4-14(19)5-12/h2-7,9-11,20,24H,8H2,1H3,(H2,21,22,25,27). The number of aryl methyl sites for hydroxylation is 1. The van der Waals surface area contributed by atoms with Crippen LogP contribution < -0.4 is 16.0 Å². The Kier molecular flexibility index (Phi) is 5.68. The van der Waals surface area contributed by atoms with Crippen molar-refractivity contribution in [2.24, 2.45) is 7.05 Å². The molecule has 2 amide bonds. The fourth-order valence-electron chi connectivity index (χ4n) is 2.39. The molecule has 0 unspecified atom stereocenters. The van der Waals surface area contributed by atoms with Crippen LogP contribution in [0.2, 0.25) is 5.02 Å². The first-order chi connectivity index (χ1) is 13.0. The minimum atomic E-state index is -0.397. The Hall–Kier alpha value is -3.39. The molecule has 8 nitrogen and oxygen atoms in total. The van der Waals surface area contributed by atoms with E-state index < -0.39 is 6.03 Å². The molecule has 27 heavy (non-hydrogen) atoms. The highest BCUT2D eigenvalue weighted by Gasteiger charge is 2.08. The zero-order chi connectivity index (χ0) is 19.2. The van der Waals surface area contributed by atoms with Gasteiger partial charge in [0.15, 0.2) is 0 Å². The third kappa shape index (κ3) is 5.05. The van der Waals surface area contributed by atoms with Crippen LogP contribution in [-0.2, 0) is 13.6 Å². The average Bonchev–Trinajstić information content (AvgIpc) is 3.06.